The van der Waals surface area contributed by atoms with Gasteiger partial charge in [0.2, 0.25) is 0 Å². The average molecular weight is 419 g/mol. The Morgan fingerprint density at radius 1 is 0.839 bits per heavy atom. The van der Waals surface area contributed by atoms with Crippen molar-refractivity contribution in [1.29, 1.82) is 0 Å². The van der Waals surface area contributed by atoms with Gasteiger partial charge in [-0.25, -0.2) is 4.79 Å². The molecule has 1 fully saturated rings. The fraction of sp³-hybridized carbons (Fsp3) is 0.261. The summed E-state index contributed by atoms with van der Waals surface area (Å²) in [7, 11) is 3.12. The van der Waals surface area contributed by atoms with E-state index in [1.54, 1.807) is 32.4 Å². The van der Waals surface area contributed by atoms with Crippen molar-refractivity contribution >= 4 is 23.2 Å². The van der Waals surface area contributed by atoms with Crippen LogP contribution in [0.1, 0.15) is 12.8 Å². The number of hydrogen-bond donors (Lipinski definition) is 2. The molecule has 4 rings (SSSR count). The number of nitrogens with zero attached hydrogens (tertiary/aromatic N) is 3. The van der Waals surface area contributed by atoms with Crippen LogP contribution < -0.4 is 25.0 Å². The van der Waals surface area contributed by atoms with Gasteiger partial charge < -0.3 is 25.0 Å². The predicted molar refractivity (Wildman–Crippen MR) is 121 cm³/mol. The lowest BCUT2D eigenvalue weighted by Crippen LogP contribution is -2.19. The maximum atomic E-state index is 12.4. The number of amides is 2. The summed E-state index contributed by atoms with van der Waals surface area (Å²) in [6, 6.07) is 16.3. The first-order valence-electron chi connectivity index (χ1n) is 10.1. The Kier molecular flexibility index (Phi) is 6.16. The second kappa shape index (κ2) is 9.34. The summed E-state index contributed by atoms with van der Waals surface area (Å²) < 4.78 is 10.4. The number of anilines is 3. The van der Waals surface area contributed by atoms with E-state index < -0.39 is 0 Å². The third-order valence-corrected chi connectivity index (χ3v) is 5.13. The van der Waals surface area contributed by atoms with Crippen LogP contribution in [0, 0.1) is 0 Å². The number of hydrogen-bond acceptors (Lipinski definition) is 6. The standard InChI is InChI=1S/C23H25N5O3/c1-30-19-13-18(14-20(15-19)31-2)25-23(29)24-17-7-5-16(6-8-17)21-9-10-22(27-26-21)28-11-3-4-12-28/h5-10,13-15H,3-4,11-12H2,1-2H3,(H2,24,25,29). The molecule has 31 heavy (non-hydrogen) atoms. The van der Waals surface area contributed by atoms with Crippen molar-refractivity contribution in [2.45, 2.75) is 12.8 Å². The van der Waals surface area contributed by atoms with Gasteiger partial charge >= 0.3 is 6.03 Å². The molecule has 2 heterocycles. The summed E-state index contributed by atoms with van der Waals surface area (Å²) >= 11 is 0. The number of nitrogens with one attached hydrogen (secondary N) is 2. The minimum absolute atomic E-state index is 0.363. The van der Waals surface area contributed by atoms with Crippen LogP contribution in [0.25, 0.3) is 11.3 Å². The molecule has 1 aliphatic heterocycles. The van der Waals surface area contributed by atoms with Gasteiger partial charge in [-0.15, -0.1) is 10.2 Å². The lowest BCUT2D eigenvalue weighted by atomic mass is 10.1. The molecule has 0 bridgehead atoms. The highest BCUT2D eigenvalue weighted by atomic mass is 16.5. The summed E-state index contributed by atoms with van der Waals surface area (Å²) in [6.07, 6.45) is 2.41. The second-order valence-electron chi connectivity index (χ2n) is 7.23. The van der Waals surface area contributed by atoms with Crippen LogP contribution in [-0.4, -0.2) is 43.5 Å². The van der Waals surface area contributed by atoms with E-state index in [-0.39, 0.29) is 6.03 Å². The second-order valence-corrected chi connectivity index (χ2v) is 7.23. The van der Waals surface area contributed by atoms with Crippen molar-refractivity contribution in [3.63, 3.8) is 0 Å². The molecule has 0 unspecified atom stereocenters. The normalized spacial score (nSPS) is 13.0. The van der Waals surface area contributed by atoms with E-state index in [1.807, 2.05) is 36.4 Å². The summed E-state index contributed by atoms with van der Waals surface area (Å²) in [5.41, 5.74) is 2.96. The van der Waals surface area contributed by atoms with E-state index in [0.717, 1.165) is 30.2 Å². The van der Waals surface area contributed by atoms with Crippen molar-refractivity contribution in [1.82, 2.24) is 10.2 Å². The molecule has 1 saturated heterocycles. The largest absolute Gasteiger partial charge is 0.497 e. The van der Waals surface area contributed by atoms with Gasteiger partial charge in [0.25, 0.3) is 0 Å². The van der Waals surface area contributed by atoms with E-state index >= 15 is 0 Å². The van der Waals surface area contributed by atoms with Crippen LogP contribution in [0.5, 0.6) is 11.5 Å². The highest BCUT2D eigenvalue weighted by Crippen LogP contribution is 2.26. The van der Waals surface area contributed by atoms with E-state index in [2.05, 4.69) is 25.7 Å². The SMILES string of the molecule is COc1cc(NC(=O)Nc2ccc(-c3ccc(N4CCCC4)nn3)cc2)cc(OC)c1. The minimum Gasteiger partial charge on any atom is -0.497 e. The number of aromatic nitrogens is 2. The van der Waals surface area contributed by atoms with Crippen LogP contribution in [0.3, 0.4) is 0 Å². The van der Waals surface area contributed by atoms with Gasteiger partial charge in [0.1, 0.15) is 11.5 Å². The van der Waals surface area contributed by atoms with E-state index in [1.165, 1.54) is 12.8 Å². The number of benzene rings is 2. The molecule has 2 amide bonds. The fourth-order valence-corrected chi connectivity index (χ4v) is 3.49. The summed E-state index contributed by atoms with van der Waals surface area (Å²) in [5, 5.41) is 14.3. The Balaban J connectivity index is 1.38. The van der Waals surface area contributed by atoms with Gasteiger partial charge in [0, 0.05) is 48.2 Å². The molecule has 0 radical (unpaired) electrons. The van der Waals surface area contributed by atoms with Crippen molar-refractivity contribution in [3.8, 4) is 22.8 Å². The molecule has 8 heteroatoms. The fourth-order valence-electron chi connectivity index (χ4n) is 3.49. The third kappa shape index (κ3) is 5.03. The van der Waals surface area contributed by atoms with Gasteiger partial charge in [-0.2, -0.15) is 0 Å². The van der Waals surface area contributed by atoms with Crippen LogP contribution in [0.15, 0.2) is 54.6 Å². The molecule has 0 aliphatic carbocycles. The van der Waals surface area contributed by atoms with E-state index in [4.69, 9.17) is 9.47 Å². The van der Waals surface area contributed by atoms with Crippen LogP contribution in [0.4, 0.5) is 22.0 Å². The number of methoxy groups -OCH3 is 2. The maximum absolute atomic E-state index is 12.4. The molecular formula is C23H25N5O3. The summed E-state index contributed by atoms with van der Waals surface area (Å²) in [6.45, 7) is 2.08. The molecule has 1 aromatic heterocycles. The minimum atomic E-state index is -0.363. The lowest BCUT2D eigenvalue weighted by molar-refractivity contribution is 0.262. The Labute approximate surface area is 181 Å². The molecule has 160 valence electrons. The lowest BCUT2D eigenvalue weighted by Gasteiger charge is -2.15. The quantitative estimate of drug-likeness (QED) is 0.615. The van der Waals surface area contributed by atoms with Crippen molar-refractivity contribution < 1.29 is 14.3 Å². The molecule has 2 N–H and O–H groups in total. The number of rotatable bonds is 6. The number of carbonyl (C=O) groups is 1. The molecule has 8 nitrogen and oxygen atoms in total. The first-order chi connectivity index (χ1) is 15.1. The zero-order chi connectivity index (χ0) is 21.6. The molecule has 1 aliphatic rings. The molecule has 0 atom stereocenters. The predicted octanol–water partition coefficient (Wildman–Crippen LogP) is 4.41. The average Bonchev–Trinajstić information content (AvgIpc) is 3.34. The molecule has 0 saturated carbocycles. The highest BCUT2D eigenvalue weighted by Gasteiger charge is 2.14. The van der Waals surface area contributed by atoms with Crippen molar-refractivity contribution in [2.75, 3.05) is 42.8 Å². The van der Waals surface area contributed by atoms with Crippen LogP contribution in [-0.2, 0) is 0 Å². The van der Waals surface area contributed by atoms with Gasteiger partial charge in [-0.1, -0.05) is 12.1 Å². The zero-order valence-electron chi connectivity index (χ0n) is 17.6. The van der Waals surface area contributed by atoms with Crippen molar-refractivity contribution in [3.05, 3.63) is 54.6 Å². The number of urea groups is 1. The van der Waals surface area contributed by atoms with Crippen LogP contribution in [0.2, 0.25) is 0 Å². The van der Waals surface area contributed by atoms with Gasteiger partial charge in [-0.3, -0.25) is 0 Å². The molecule has 0 spiro atoms. The maximum Gasteiger partial charge on any atom is 0.323 e. The summed E-state index contributed by atoms with van der Waals surface area (Å²) in [5.74, 6) is 2.11. The van der Waals surface area contributed by atoms with Crippen molar-refractivity contribution in [2.24, 2.45) is 0 Å². The highest BCUT2D eigenvalue weighted by molar-refractivity contribution is 6.00. The summed E-state index contributed by atoms with van der Waals surface area (Å²) in [4.78, 5) is 14.6. The first-order valence-corrected chi connectivity index (χ1v) is 10.1. The molecule has 2 aromatic carbocycles. The number of ether oxygens (including phenoxy) is 2. The Morgan fingerprint density at radius 2 is 1.48 bits per heavy atom. The number of carbonyl (C=O) groups excluding carboxylic acids is 1. The van der Waals surface area contributed by atoms with E-state index in [9.17, 15) is 4.79 Å². The van der Waals surface area contributed by atoms with Crippen LogP contribution >= 0.6 is 0 Å². The van der Waals surface area contributed by atoms with Gasteiger partial charge in [0.05, 0.1) is 19.9 Å². The zero-order valence-corrected chi connectivity index (χ0v) is 17.6. The molecule has 3 aromatic rings. The Hall–Kier alpha value is -3.81. The molecular weight excluding hydrogens is 394 g/mol. The Bertz CT molecular complexity index is 1010. The smallest absolute Gasteiger partial charge is 0.323 e. The monoisotopic (exact) mass is 419 g/mol. The first kappa shape index (κ1) is 20.5. The topological polar surface area (TPSA) is 88.6 Å². The van der Waals surface area contributed by atoms with Gasteiger partial charge in [-0.05, 0) is 37.1 Å². The van der Waals surface area contributed by atoms with E-state index in [0.29, 0.717) is 22.9 Å². The third-order valence-electron chi connectivity index (χ3n) is 5.13. The Morgan fingerprint density at radius 3 is 2.06 bits per heavy atom. The van der Waals surface area contributed by atoms with Gasteiger partial charge in [0.15, 0.2) is 5.82 Å².